The minimum absolute atomic E-state index is 0.0420. The molecule has 2 heterocycles. The molecule has 0 aliphatic heterocycles. The summed E-state index contributed by atoms with van der Waals surface area (Å²) < 4.78 is 15.5. The molecule has 0 atom stereocenters. The van der Waals surface area contributed by atoms with Gasteiger partial charge in [0.05, 0.1) is 19.9 Å². The average molecular weight is 327 g/mol. The molecule has 3 rings (SSSR count). The predicted molar refractivity (Wildman–Crippen MR) is 85.2 cm³/mol. The topological polar surface area (TPSA) is 81.6 Å². The zero-order chi connectivity index (χ0) is 16.9. The number of rotatable bonds is 6. The van der Waals surface area contributed by atoms with E-state index in [0.717, 1.165) is 17.1 Å². The van der Waals surface area contributed by atoms with Crippen LogP contribution in [0.4, 0.5) is 0 Å². The Balaban J connectivity index is 1.63. The number of furan rings is 1. The number of likely N-dealkylation sites (N-methyl/N-ethyl adjacent to an activating group) is 1. The van der Waals surface area contributed by atoms with Gasteiger partial charge >= 0.3 is 0 Å². The number of ether oxygens (including phenoxy) is 1. The van der Waals surface area contributed by atoms with Crippen LogP contribution in [-0.2, 0) is 17.8 Å². The lowest BCUT2D eigenvalue weighted by atomic mass is 10.2. The van der Waals surface area contributed by atoms with Crippen molar-refractivity contribution in [2.45, 2.75) is 13.0 Å². The van der Waals surface area contributed by atoms with Crippen molar-refractivity contribution in [1.29, 1.82) is 0 Å². The summed E-state index contributed by atoms with van der Waals surface area (Å²) in [5.74, 6) is 2.05. The van der Waals surface area contributed by atoms with Gasteiger partial charge in [-0.05, 0) is 36.4 Å². The molecule has 124 valence electrons. The largest absolute Gasteiger partial charge is 0.497 e. The fraction of sp³-hybridized carbons (Fsp3) is 0.235. The second-order valence-corrected chi connectivity index (χ2v) is 5.25. The first-order chi connectivity index (χ1) is 11.7. The lowest BCUT2D eigenvalue weighted by Crippen LogP contribution is -2.27. The number of amides is 1. The Kier molecular flexibility index (Phi) is 4.60. The Morgan fingerprint density at radius 2 is 2.04 bits per heavy atom. The van der Waals surface area contributed by atoms with Gasteiger partial charge in [-0.1, -0.05) is 5.16 Å². The van der Waals surface area contributed by atoms with Gasteiger partial charge in [0, 0.05) is 12.6 Å². The molecule has 0 unspecified atom stereocenters. The Labute approximate surface area is 138 Å². The molecule has 0 aliphatic rings. The Morgan fingerprint density at radius 1 is 1.25 bits per heavy atom. The summed E-state index contributed by atoms with van der Waals surface area (Å²) in [6, 6.07) is 10.9. The van der Waals surface area contributed by atoms with E-state index < -0.39 is 0 Å². The maximum absolute atomic E-state index is 12.2. The molecule has 0 aliphatic carbocycles. The fourth-order valence-corrected chi connectivity index (χ4v) is 2.17. The first-order valence-corrected chi connectivity index (χ1v) is 7.39. The van der Waals surface area contributed by atoms with E-state index in [4.69, 9.17) is 13.7 Å². The van der Waals surface area contributed by atoms with Crippen molar-refractivity contribution in [2.75, 3.05) is 14.2 Å². The van der Waals surface area contributed by atoms with E-state index in [1.54, 1.807) is 31.4 Å². The number of hydrogen-bond acceptors (Lipinski definition) is 6. The highest BCUT2D eigenvalue weighted by Crippen LogP contribution is 2.20. The van der Waals surface area contributed by atoms with Crippen molar-refractivity contribution >= 4 is 5.91 Å². The number of nitrogens with zero attached hydrogens (tertiary/aromatic N) is 3. The van der Waals surface area contributed by atoms with Gasteiger partial charge in [0.25, 0.3) is 0 Å². The van der Waals surface area contributed by atoms with Gasteiger partial charge in [0.1, 0.15) is 17.9 Å². The molecule has 7 heteroatoms. The van der Waals surface area contributed by atoms with E-state index in [-0.39, 0.29) is 18.2 Å². The zero-order valence-corrected chi connectivity index (χ0v) is 13.4. The molecule has 0 fully saturated rings. The van der Waals surface area contributed by atoms with E-state index in [2.05, 4.69) is 10.1 Å². The first kappa shape index (κ1) is 15.8. The molecular formula is C17H17N3O4. The van der Waals surface area contributed by atoms with Crippen LogP contribution in [0.2, 0.25) is 0 Å². The van der Waals surface area contributed by atoms with Crippen molar-refractivity contribution in [3.8, 4) is 17.1 Å². The number of carbonyl (C=O) groups is 1. The van der Waals surface area contributed by atoms with Crippen LogP contribution >= 0.6 is 0 Å². The normalized spacial score (nSPS) is 10.6. The molecule has 3 aromatic rings. The van der Waals surface area contributed by atoms with E-state index in [1.165, 1.54) is 0 Å². The standard InChI is InChI=1S/C17H17N3O4/c1-20(11-14-4-3-9-23-14)16(21)10-15-18-17(19-24-15)12-5-7-13(22-2)8-6-12/h3-9H,10-11H2,1-2H3. The van der Waals surface area contributed by atoms with Crippen LogP contribution in [0.5, 0.6) is 5.75 Å². The van der Waals surface area contributed by atoms with E-state index in [1.807, 2.05) is 30.3 Å². The number of methoxy groups -OCH3 is 1. The third kappa shape index (κ3) is 3.62. The molecule has 0 spiro atoms. The van der Waals surface area contributed by atoms with Gasteiger partial charge in [0.2, 0.25) is 17.6 Å². The minimum atomic E-state index is -0.128. The van der Waals surface area contributed by atoms with Crippen LogP contribution < -0.4 is 4.74 Å². The van der Waals surface area contributed by atoms with Crippen molar-refractivity contribution in [2.24, 2.45) is 0 Å². The monoisotopic (exact) mass is 327 g/mol. The Morgan fingerprint density at radius 3 is 2.71 bits per heavy atom. The summed E-state index contributed by atoms with van der Waals surface area (Å²) in [6.45, 7) is 0.394. The number of benzene rings is 1. The highest BCUT2D eigenvalue weighted by atomic mass is 16.5. The van der Waals surface area contributed by atoms with Crippen molar-refractivity contribution in [3.63, 3.8) is 0 Å². The highest BCUT2D eigenvalue weighted by molar-refractivity contribution is 5.77. The van der Waals surface area contributed by atoms with Crippen LogP contribution in [-0.4, -0.2) is 35.1 Å². The molecular weight excluding hydrogens is 310 g/mol. The van der Waals surface area contributed by atoms with Crippen LogP contribution in [0.25, 0.3) is 11.4 Å². The summed E-state index contributed by atoms with van der Waals surface area (Å²) >= 11 is 0. The molecule has 7 nitrogen and oxygen atoms in total. The zero-order valence-electron chi connectivity index (χ0n) is 13.4. The molecule has 1 aromatic carbocycles. The number of aromatic nitrogens is 2. The maximum atomic E-state index is 12.2. The molecule has 0 saturated heterocycles. The smallest absolute Gasteiger partial charge is 0.236 e. The number of carbonyl (C=O) groups excluding carboxylic acids is 1. The summed E-state index contributed by atoms with van der Waals surface area (Å²) in [4.78, 5) is 18.0. The van der Waals surface area contributed by atoms with E-state index >= 15 is 0 Å². The third-order valence-corrected chi connectivity index (χ3v) is 3.52. The number of hydrogen-bond donors (Lipinski definition) is 0. The summed E-state index contributed by atoms with van der Waals surface area (Å²) in [5.41, 5.74) is 0.794. The molecule has 24 heavy (non-hydrogen) atoms. The Bertz CT molecular complexity index is 794. The predicted octanol–water partition coefficient (Wildman–Crippen LogP) is 2.54. The quantitative estimate of drug-likeness (QED) is 0.692. The first-order valence-electron chi connectivity index (χ1n) is 7.39. The van der Waals surface area contributed by atoms with Gasteiger partial charge in [-0.15, -0.1) is 0 Å². The van der Waals surface area contributed by atoms with Gasteiger partial charge in [-0.3, -0.25) is 4.79 Å². The van der Waals surface area contributed by atoms with Crippen LogP contribution in [0.1, 0.15) is 11.7 Å². The highest BCUT2D eigenvalue weighted by Gasteiger charge is 2.16. The summed E-state index contributed by atoms with van der Waals surface area (Å²) in [6.07, 6.45) is 1.62. The van der Waals surface area contributed by atoms with Gasteiger partial charge < -0.3 is 18.6 Å². The van der Waals surface area contributed by atoms with Gasteiger partial charge in [-0.2, -0.15) is 4.98 Å². The second kappa shape index (κ2) is 6.99. The van der Waals surface area contributed by atoms with Crippen LogP contribution in [0.3, 0.4) is 0 Å². The lowest BCUT2D eigenvalue weighted by molar-refractivity contribution is -0.130. The van der Waals surface area contributed by atoms with Gasteiger partial charge in [0.15, 0.2) is 0 Å². The minimum Gasteiger partial charge on any atom is -0.497 e. The molecule has 0 radical (unpaired) electrons. The van der Waals surface area contributed by atoms with Crippen LogP contribution in [0, 0.1) is 0 Å². The summed E-state index contributed by atoms with van der Waals surface area (Å²) in [7, 11) is 3.30. The van der Waals surface area contributed by atoms with Crippen molar-refractivity contribution in [1.82, 2.24) is 15.0 Å². The van der Waals surface area contributed by atoms with E-state index in [0.29, 0.717) is 12.4 Å². The molecule has 1 amide bonds. The van der Waals surface area contributed by atoms with Crippen molar-refractivity contribution in [3.05, 3.63) is 54.3 Å². The van der Waals surface area contributed by atoms with Crippen LogP contribution in [0.15, 0.2) is 51.6 Å². The molecule has 0 bridgehead atoms. The second-order valence-electron chi connectivity index (χ2n) is 5.25. The summed E-state index contributed by atoms with van der Waals surface area (Å²) in [5, 5.41) is 3.91. The average Bonchev–Trinajstić information content (AvgIpc) is 3.27. The lowest BCUT2D eigenvalue weighted by Gasteiger charge is -2.14. The molecule has 0 saturated carbocycles. The van der Waals surface area contributed by atoms with Gasteiger partial charge in [-0.25, -0.2) is 0 Å². The van der Waals surface area contributed by atoms with E-state index in [9.17, 15) is 4.79 Å². The SMILES string of the molecule is COc1ccc(-c2noc(CC(=O)N(C)Cc3ccco3)n2)cc1. The molecule has 0 N–H and O–H groups in total. The maximum Gasteiger partial charge on any atom is 0.236 e. The fourth-order valence-electron chi connectivity index (χ4n) is 2.17. The third-order valence-electron chi connectivity index (χ3n) is 3.52. The molecule has 2 aromatic heterocycles. The Hall–Kier alpha value is -3.09. The van der Waals surface area contributed by atoms with Crippen molar-refractivity contribution < 1.29 is 18.5 Å².